The average Bonchev–Trinajstić information content (AvgIpc) is 2.49. The lowest BCUT2D eigenvalue weighted by atomic mass is 10.1. The van der Waals surface area contributed by atoms with E-state index in [1.54, 1.807) is 0 Å². The first-order valence-electron chi connectivity index (χ1n) is 6.28. The number of aromatic hydroxyl groups is 1. The summed E-state index contributed by atoms with van der Waals surface area (Å²) in [5.41, 5.74) is 0.496. The molecule has 8 heteroatoms. The van der Waals surface area contributed by atoms with Gasteiger partial charge in [0, 0.05) is 0 Å². The molecule has 4 nitrogen and oxygen atoms in total. The van der Waals surface area contributed by atoms with Gasteiger partial charge in [-0.05, 0) is 24.3 Å². The molecule has 0 aliphatic rings. The van der Waals surface area contributed by atoms with Crippen molar-refractivity contribution in [1.82, 2.24) is 5.43 Å². The second kappa shape index (κ2) is 6.70. The summed E-state index contributed by atoms with van der Waals surface area (Å²) < 4.78 is 38.5. The minimum absolute atomic E-state index is 0.138. The molecule has 0 aromatic heterocycles. The number of carbonyl (C=O) groups is 1. The lowest BCUT2D eigenvalue weighted by molar-refractivity contribution is -0.137. The summed E-state index contributed by atoms with van der Waals surface area (Å²) in [6, 6.07) is 8.70. The van der Waals surface area contributed by atoms with Gasteiger partial charge >= 0.3 is 6.18 Å². The Labute approximate surface area is 134 Å². The molecule has 0 saturated heterocycles. The smallest absolute Gasteiger partial charge is 0.417 e. The maximum Gasteiger partial charge on any atom is 0.417 e. The number of hydrazone groups is 1. The molecule has 1 amide bonds. The Hall–Kier alpha value is -2.54. The molecule has 0 aliphatic carbocycles. The molecule has 0 bridgehead atoms. The van der Waals surface area contributed by atoms with Gasteiger partial charge in [0.05, 0.1) is 27.9 Å². The topological polar surface area (TPSA) is 61.7 Å². The zero-order valence-electron chi connectivity index (χ0n) is 11.4. The molecule has 0 heterocycles. The molecular formula is C15H10ClF3N2O2. The second-order valence-corrected chi connectivity index (χ2v) is 4.82. The van der Waals surface area contributed by atoms with Gasteiger partial charge in [-0.15, -0.1) is 0 Å². The van der Waals surface area contributed by atoms with Crippen LogP contribution in [0.3, 0.4) is 0 Å². The van der Waals surface area contributed by atoms with Crippen LogP contribution in [0.25, 0.3) is 0 Å². The van der Waals surface area contributed by atoms with E-state index < -0.39 is 23.2 Å². The molecule has 0 radical (unpaired) electrons. The average molecular weight is 343 g/mol. The van der Waals surface area contributed by atoms with Crippen molar-refractivity contribution in [3.8, 4) is 5.75 Å². The Morgan fingerprint density at radius 1 is 1.17 bits per heavy atom. The van der Waals surface area contributed by atoms with E-state index >= 15 is 0 Å². The van der Waals surface area contributed by atoms with E-state index in [1.807, 2.05) is 5.43 Å². The fourth-order valence-electron chi connectivity index (χ4n) is 1.80. The van der Waals surface area contributed by atoms with Crippen molar-refractivity contribution < 1.29 is 23.1 Å². The molecule has 120 valence electrons. The van der Waals surface area contributed by atoms with Crippen LogP contribution >= 0.6 is 11.6 Å². The van der Waals surface area contributed by atoms with Gasteiger partial charge < -0.3 is 5.11 Å². The van der Waals surface area contributed by atoms with E-state index in [-0.39, 0.29) is 16.3 Å². The van der Waals surface area contributed by atoms with Crippen molar-refractivity contribution in [2.24, 2.45) is 5.10 Å². The Balaban J connectivity index is 2.20. The number of phenols is 1. The monoisotopic (exact) mass is 342 g/mol. The summed E-state index contributed by atoms with van der Waals surface area (Å²) in [7, 11) is 0. The third-order valence-electron chi connectivity index (χ3n) is 2.87. The van der Waals surface area contributed by atoms with Gasteiger partial charge in [-0.2, -0.15) is 18.3 Å². The first-order valence-corrected chi connectivity index (χ1v) is 6.65. The number of nitrogens with zero attached hydrogens (tertiary/aromatic N) is 1. The highest BCUT2D eigenvalue weighted by molar-refractivity contribution is 6.33. The molecule has 2 aromatic rings. The molecule has 0 saturated carbocycles. The lowest BCUT2D eigenvalue weighted by Crippen LogP contribution is -2.22. The molecule has 0 unspecified atom stereocenters. The molecule has 2 rings (SSSR count). The van der Waals surface area contributed by atoms with Gasteiger partial charge in [0.2, 0.25) is 0 Å². The summed E-state index contributed by atoms with van der Waals surface area (Å²) >= 11 is 5.83. The third kappa shape index (κ3) is 4.01. The normalized spacial score (nSPS) is 11.7. The number of alkyl halides is 3. The minimum atomic E-state index is -4.65. The number of hydrogen-bond acceptors (Lipinski definition) is 3. The number of nitrogens with one attached hydrogen (secondary N) is 1. The van der Waals surface area contributed by atoms with Gasteiger partial charge in [0.25, 0.3) is 5.91 Å². The molecule has 0 aliphatic heterocycles. The first-order chi connectivity index (χ1) is 10.8. The quantitative estimate of drug-likeness (QED) is 0.658. The zero-order chi connectivity index (χ0) is 17.0. The van der Waals surface area contributed by atoms with Crippen molar-refractivity contribution in [3.05, 3.63) is 64.2 Å². The first kappa shape index (κ1) is 16.8. The van der Waals surface area contributed by atoms with E-state index in [2.05, 4.69) is 5.10 Å². The Morgan fingerprint density at radius 3 is 2.52 bits per heavy atom. The maximum absolute atomic E-state index is 12.8. The fourth-order valence-corrected chi connectivity index (χ4v) is 2.02. The van der Waals surface area contributed by atoms with Gasteiger partial charge in [0.15, 0.2) is 0 Å². The standard InChI is InChI=1S/C15H10ClF3N2O2/c16-12-6-3-7-13(22)10(12)8-20-21-14(23)9-4-1-2-5-11(9)15(17,18)19/h1-8,22H,(H,21,23). The number of phenolic OH excluding ortho intramolecular Hbond substituents is 1. The number of carbonyl (C=O) groups excluding carboxylic acids is 1. The molecular weight excluding hydrogens is 333 g/mol. The Bertz CT molecular complexity index is 740. The Kier molecular flexibility index (Phi) is 4.90. The summed E-state index contributed by atoms with van der Waals surface area (Å²) in [6.07, 6.45) is -3.61. The summed E-state index contributed by atoms with van der Waals surface area (Å²) in [5.74, 6) is -1.20. The van der Waals surface area contributed by atoms with Crippen LogP contribution in [0.15, 0.2) is 47.6 Å². The third-order valence-corrected chi connectivity index (χ3v) is 3.20. The SMILES string of the molecule is O=C(NN=Cc1c(O)cccc1Cl)c1ccccc1C(F)(F)F. The molecule has 0 spiro atoms. The van der Waals surface area contributed by atoms with Gasteiger partial charge in [-0.25, -0.2) is 5.43 Å². The van der Waals surface area contributed by atoms with Crippen molar-refractivity contribution >= 4 is 23.7 Å². The largest absolute Gasteiger partial charge is 0.507 e. The maximum atomic E-state index is 12.8. The van der Waals surface area contributed by atoms with Crippen LogP contribution < -0.4 is 5.43 Å². The fraction of sp³-hybridized carbons (Fsp3) is 0.0667. The van der Waals surface area contributed by atoms with Crippen molar-refractivity contribution in [2.75, 3.05) is 0 Å². The number of halogens is 4. The molecule has 2 N–H and O–H groups in total. The predicted molar refractivity (Wildman–Crippen MR) is 79.6 cm³/mol. The number of amides is 1. The number of rotatable bonds is 3. The summed E-state index contributed by atoms with van der Waals surface area (Å²) in [5, 5.41) is 13.3. The van der Waals surface area contributed by atoms with Crippen molar-refractivity contribution in [3.63, 3.8) is 0 Å². The van der Waals surface area contributed by atoms with Crippen LogP contribution in [0.5, 0.6) is 5.75 Å². The predicted octanol–water partition coefficient (Wildman–Crippen LogP) is 3.83. The van der Waals surface area contributed by atoms with E-state index in [1.165, 1.54) is 30.3 Å². The van der Waals surface area contributed by atoms with Gasteiger partial charge in [-0.1, -0.05) is 29.8 Å². The van der Waals surface area contributed by atoms with Crippen LogP contribution in [0.4, 0.5) is 13.2 Å². The van der Waals surface area contributed by atoms with E-state index in [9.17, 15) is 23.1 Å². The number of benzene rings is 2. The number of hydrogen-bond donors (Lipinski definition) is 2. The van der Waals surface area contributed by atoms with Gasteiger partial charge in [-0.3, -0.25) is 4.79 Å². The van der Waals surface area contributed by atoms with Crippen LogP contribution in [-0.2, 0) is 6.18 Å². The lowest BCUT2D eigenvalue weighted by Gasteiger charge is -2.11. The molecule has 0 fully saturated rings. The summed E-state index contributed by atoms with van der Waals surface area (Å²) in [6.45, 7) is 0. The highest BCUT2D eigenvalue weighted by atomic mass is 35.5. The van der Waals surface area contributed by atoms with Gasteiger partial charge in [0.1, 0.15) is 5.75 Å². The summed E-state index contributed by atoms with van der Waals surface area (Å²) in [4.78, 5) is 11.9. The zero-order valence-corrected chi connectivity index (χ0v) is 12.2. The molecule has 2 aromatic carbocycles. The highest BCUT2D eigenvalue weighted by Crippen LogP contribution is 2.31. The Morgan fingerprint density at radius 2 is 1.87 bits per heavy atom. The van der Waals surface area contributed by atoms with E-state index in [0.717, 1.165) is 18.3 Å². The van der Waals surface area contributed by atoms with E-state index in [0.29, 0.717) is 0 Å². The molecule has 0 atom stereocenters. The van der Waals surface area contributed by atoms with Crippen molar-refractivity contribution in [2.45, 2.75) is 6.18 Å². The van der Waals surface area contributed by atoms with E-state index in [4.69, 9.17) is 11.6 Å². The van der Waals surface area contributed by atoms with Crippen LogP contribution in [0, 0.1) is 0 Å². The van der Waals surface area contributed by atoms with Crippen molar-refractivity contribution in [1.29, 1.82) is 0 Å². The second-order valence-electron chi connectivity index (χ2n) is 4.42. The highest BCUT2D eigenvalue weighted by Gasteiger charge is 2.34. The minimum Gasteiger partial charge on any atom is -0.507 e. The van der Waals surface area contributed by atoms with Crippen LogP contribution in [-0.4, -0.2) is 17.2 Å². The molecule has 23 heavy (non-hydrogen) atoms. The van der Waals surface area contributed by atoms with Crippen LogP contribution in [0.2, 0.25) is 5.02 Å². The van der Waals surface area contributed by atoms with Crippen LogP contribution in [0.1, 0.15) is 21.5 Å².